The highest BCUT2D eigenvalue weighted by molar-refractivity contribution is 8.00. The molecule has 0 saturated carbocycles. The molecule has 1 saturated heterocycles. The number of aromatic nitrogens is 3. The lowest BCUT2D eigenvalue weighted by Gasteiger charge is -2.22. The monoisotopic (exact) mass is 382 g/mol. The molecule has 0 radical (unpaired) electrons. The molecule has 3 heterocycles. The quantitative estimate of drug-likeness (QED) is 0.628. The summed E-state index contributed by atoms with van der Waals surface area (Å²) >= 11 is 1.45. The predicted molar refractivity (Wildman–Crippen MR) is 104 cm³/mol. The summed E-state index contributed by atoms with van der Waals surface area (Å²) in [6.45, 7) is 3.57. The van der Waals surface area contributed by atoms with Crippen LogP contribution in [0.4, 0.5) is 0 Å². The molecule has 4 rings (SSSR count). The minimum absolute atomic E-state index is 0.146. The maximum Gasteiger partial charge on any atom is 0.240 e. The van der Waals surface area contributed by atoms with Gasteiger partial charge in [0.05, 0.1) is 11.8 Å². The summed E-state index contributed by atoms with van der Waals surface area (Å²) < 4.78 is 7.32. The number of thioether (sulfide) groups is 1. The fourth-order valence-corrected chi connectivity index (χ4v) is 4.45. The molecule has 0 bridgehead atoms. The molecule has 1 aliphatic heterocycles. The highest BCUT2D eigenvalue weighted by Gasteiger charge is 2.30. The Bertz CT molecular complexity index is 929. The van der Waals surface area contributed by atoms with Crippen LogP contribution in [-0.2, 0) is 11.8 Å². The minimum Gasteiger partial charge on any atom is -0.469 e. The normalized spacial score (nSPS) is 15.3. The third-order valence-electron chi connectivity index (χ3n) is 4.90. The number of hydrogen-bond acceptors (Lipinski definition) is 5. The lowest BCUT2D eigenvalue weighted by Crippen LogP contribution is -2.31. The standard InChI is InChI=1S/C20H22N4O2S/c1-14-16(10-13-26-14)18-21-22-20(23(18)2)27-17(15-8-4-3-5-9-15)19(25)24-11-6-7-12-24/h3-5,8-10,13,17H,6-7,11-12H2,1-2H3/t17-/m1/s1. The van der Waals surface area contributed by atoms with E-state index in [9.17, 15) is 4.79 Å². The smallest absolute Gasteiger partial charge is 0.240 e. The Morgan fingerprint density at radius 1 is 1.15 bits per heavy atom. The summed E-state index contributed by atoms with van der Waals surface area (Å²) in [5.74, 6) is 1.69. The van der Waals surface area contributed by atoms with Crippen molar-refractivity contribution in [2.75, 3.05) is 13.1 Å². The van der Waals surface area contributed by atoms with E-state index in [1.54, 1.807) is 6.26 Å². The van der Waals surface area contributed by atoms with Crippen LogP contribution in [0.1, 0.15) is 29.4 Å². The Morgan fingerprint density at radius 2 is 1.89 bits per heavy atom. The van der Waals surface area contributed by atoms with E-state index in [0.717, 1.165) is 48.6 Å². The molecule has 1 amide bonds. The van der Waals surface area contributed by atoms with Gasteiger partial charge < -0.3 is 13.9 Å². The summed E-state index contributed by atoms with van der Waals surface area (Å²) in [4.78, 5) is 15.1. The Morgan fingerprint density at radius 3 is 2.56 bits per heavy atom. The van der Waals surface area contributed by atoms with Gasteiger partial charge in [-0.2, -0.15) is 0 Å². The molecule has 6 nitrogen and oxygen atoms in total. The average molecular weight is 382 g/mol. The van der Waals surface area contributed by atoms with Crippen LogP contribution in [-0.4, -0.2) is 38.7 Å². The zero-order valence-electron chi connectivity index (χ0n) is 15.5. The van der Waals surface area contributed by atoms with Gasteiger partial charge in [0.1, 0.15) is 11.0 Å². The molecule has 7 heteroatoms. The maximum atomic E-state index is 13.2. The number of hydrogen-bond donors (Lipinski definition) is 0. The molecular weight excluding hydrogens is 360 g/mol. The van der Waals surface area contributed by atoms with Crippen LogP contribution in [0.15, 0.2) is 52.2 Å². The molecule has 1 fully saturated rings. The van der Waals surface area contributed by atoms with Crippen molar-refractivity contribution in [3.63, 3.8) is 0 Å². The van der Waals surface area contributed by atoms with Crippen molar-refractivity contribution in [2.24, 2.45) is 7.05 Å². The van der Waals surface area contributed by atoms with Crippen molar-refractivity contribution in [3.05, 3.63) is 54.0 Å². The number of amides is 1. The SMILES string of the molecule is Cc1occc1-c1nnc(S[C@@H](C(=O)N2CCCC2)c2ccccc2)n1C. The molecule has 0 unspecified atom stereocenters. The van der Waals surface area contributed by atoms with E-state index in [1.165, 1.54) is 11.8 Å². The van der Waals surface area contributed by atoms with Gasteiger partial charge in [0, 0.05) is 20.1 Å². The molecule has 3 aromatic rings. The van der Waals surface area contributed by atoms with Crippen LogP contribution in [0.25, 0.3) is 11.4 Å². The van der Waals surface area contributed by atoms with Crippen molar-refractivity contribution in [3.8, 4) is 11.4 Å². The first-order valence-electron chi connectivity index (χ1n) is 9.09. The third-order valence-corrected chi connectivity index (χ3v) is 6.18. The summed E-state index contributed by atoms with van der Waals surface area (Å²) in [6.07, 6.45) is 3.80. The van der Waals surface area contributed by atoms with Crippen LogP contribution < -0.4 is 0 Å². The first kappa shape index (κ1) is 17.9. The Labute approximate surface area is 162 Å². The Balaban J connectivity index is 1.65. The first-order chi connectivity index (χ1) is 13.1. The largest absolute Gasteiger partial charge is 0.469 e. The minimum atomic E-state index is -0.328. The van der Waals surface area contributed by atoms with Gasteiger partial charge in [-0.05, 0) is 31.4 Å². The summed E-state index contributed by atoms with van der Waals surface area (Å²) in [5.41, 5.74) is 1.91. The van der Waals surface area contributed by atoms with Gasteiger partial charge in [0.25, 0.3) is 0 Å². The maximum absolute atomic E-state index is 13.2. The molecule has 140 valence electrons. The Hall–Kier alpha value is -2.54. The van der Waals surface area contributed by atoms with Gasteiger partial charge in [-0.15, -0.1) is 10.2 Å². The van der Waals surface area contributed by atoms with E-state index in [0.29, 0.717) is 5.16 Å². The van der Waals surface area contributed by atoms with Crippen LogP contribution >= 0.6 is 11.8 Å². The number of benzene rings is 1. The number of nitrogens with zero attached hydrogens (tertiary/aromatic N) is 4. The van der Waals surface area contributed by atoms with Crippen LogP contribution in [0.3, 0.4) is 0 Å². The van der Waals surface area contributed by atoms with E-state index in [-0.39, 0.29) is 11.2 Å². The molecule has 2 aromatic heterocycles. The van der Waals surface area contributed by atoms with E-state index < -0.39 is 0 Å². The topological polar surface area (TPSA) is 64.2 Å². The highest BCUT2D eigenvalue weighted by atomic mass is 32.2. The van der Waals surface area contributed by atoms with Gasteiger partial charge in [0.15, 0.2) is 11.0 Å². The van der Waals surface area contributed by atoms with Crippen LogP contribution in [0, 0.1) is 6.92 Å². The number of rotatable bonds is 5. The summed E-state index contributed by atoms with van der Waals surface area (Å²) in [5, 5.41) is 9.07. The van der Waals surface area contributed by atoms with Crippen LogP contribution in [0.5, 0.6) is 0 Å². The summed E-state index contributed by atoms with van der Waals surface area (Å²) in [6, 6.07) is 11.8. The first-order valence-corrected chi connectivity index (χ1v) is 9.97. The molecule has 1 atom stereocenters. The van der Waals surface area contributed by atoms with E-state index >= 15 is 0 Å². The van der Waals surface area contributed by atoms with E-state index in [1.807, 2.05) is 59.8 Å². The predicted octanol–water partition coefficient (Wildman–Crippen LogP) is 3.84. The van der Waals surface area contributed by atoms with Gasteiger partial charge in [-0.25, -0.2) is 0 Å². The molecule has 1 aromatic carbocycles. The van der Waals surface area contributed by atoms with Gasteiger partial charge in [-0.3, -0.25) is 4.79 Å². The second-order valence-electron chi connectivity index (χ2n) is 6.70. The second-order valence-corrected chi connectivity index (χ2v) is 7.77. The van der Waals surface area contributed by atoms with Crippen molar-refractivity contribution in [1.29, 1.82) is 0 Å². The lowest BCUT2D eigenvalue weighted by molar-refractivity contribution is -0.129. The van der Waals surface area contributed by atoms with Gasteiger partial charge in [0.2, 0.25) is 5.91 Å². The van der Waals surface area contributed by atoms with Crippen molar-refractivity contribution < 1.29 is 9.21 Å². The molecule has 27 heavy (non-hydrogen) atoms. The molecule has 0 spiro atoms. The van der Waals surface area contributed by atoms with Gasteiger partial charge >= 0.3 is 0 Å². The van der Waals surface area contributed by atoms with Crippen LogP contribution in [0.2, 0.25) is 0 Å². The molecule has 0 N–H and O–H groups in total. The lowest BCUT2D eigenvalue weighted by atomic mass is 10.1. The fourth-order valence-electron chi connectivity index (χ4n) is 3.37. The van der Waals surface area contributed by atoms with Crippen molar-refractivity contribution >= 4 is 17.7 Å². The fraction of sp³-hybridized carbons (Fsp3) is 0.350. The number of likely N-dealkylation sites (tertiary alicyclic amines) is 1. The zero-order chi connectivity index (χ0) is 18.8. The number of carbonyl (C=O) groups is 1. The molecule has 0 aliphatic carbocycles. The number of carbonyl (C=O) groups excluding carboxylic acids is 1. The van der Waals surface area contributed by atoms with Crippen molar-refractivity contribution in [1.82, 2.24) is 19.7 Å². The molecular formula is C20H22N4O2S. The zero-order valence-corrected chi connectivity index (χ0v) is 16.3. The number of furan rings is 1. The molecule has 1 aliphatic rings. The van der Waals surface area contributed by atoms with E-state index in [2.05, 4.69) is 10.2 Å². The highest BCUT2D eigenvalue weighted by Crippen LogP contribution is 2.37. The van der Waals surface area contributed by atoms with Gasteiger partial charge in [-0.1, -0.05) is 42.1 Å². The van der Waals surface area contributed by atoms with E-state index in [4.69, 9.17) is 4.42 Å². The third kappa shape index (κ3) is 3.51. The average Bonchev–Trinajstić information content (AvgIpc) is 3.42. The summed E-state index contributed by atoms with van der Waals surface area (Å²) in [7, 11) is 1.92. The Kier molecular flexibility index (Phi) is 5.03. The number of aryl methyl sites for hydroxylation is 1. The van der Waals surface area contributed by atoms with Crippen molar-refractivity contribution in [2.45, 2.75) is 30.2 Å². The second kappa shape index (κ2) is 7.60.